The van der Waals surface area contributed by atoms with Gasteiger partial charge in [-0.1, -0.05) is 20.3 Å². The maximum Gasteiger partial charge on any atom is 0.246 e. The Balaban J connectivity index is 2.19. The van der Waals surface area contributed by atoms with Crippen molar-refractivity contribution < 1.29 is 9.59 Å². The number of hydrogen-bond donors (Lipinski definition) is 1. The Bertz CT molecular complexity index is 339. The van der Waals surface area contributed by atoms with Crippen LogP contribution in [0.5, 0.6) is 0 Å². The molecule has 1 aliphatic heterocycles. The first kappa shape index (κ1) is 13.4. The molecule has 0 aromatic heterocycles. The Morgan fingerprint density at radius 2 is 1.94 bits per heavy atom. The van der Waals surface area contributed by atoms with Crippen molar-refractivity contribution in [1.82, 2.24) is 10.2 Å². The third kappa shape index (κ3) is 2.13. The average Bonchev–Trinajstić information content (AvgIpc) is 2.28. The molecule has 0 radical (unpaired) electrons. The first-order valence-corrected chi connectivity index (χ1v) is 7.22. The van der Waals surface area contributed by atoms with Crippen LogP contribution in [-0.4, -0.2) is 34.8 Å². The maximum atomic E-state index is 12.5. The molecular weight excluding hydrogens is 228 g/mol. The van der Waals surface area contributed by atoms with Gasteiger partial charge in [0.15, 0.2) is 0 Å². The Kier molecular flexibility index (Phi) is 3.93. The number of carbonyl (C=O) groups excluding carboxylic acids is 2. The third-order valence-electron chi connectivity index (χ3n) is 4.57. The van der Waals surface area contributed by atoms with Crippen LogP contribution >= 0.6 is 0 Å². The summed E-state index contributed by atoms with van der Waals surface area (Å²) in [4.78, 5) is 26.4. The van der Waals surface area contributed by atoms with Crippen LogP contribution in [0.1, 0.15) is 52.9 Å². The molecule has 1 heterocycles. The fourth-order valence-corrected chi connectivity index (χ4v) is 3.08. The standard InChI is InChI=1S/C14H24N2O2/c1-4-11-14(18)16(9(3)10-7-6-8-10)12(5-2)13(17)15-11/h9-12H,4-8H2,1-3H3,(H,15,17). The van der Waals surface area contributed by atoms with Gasteiger partial charge in [-0.2, -0.15) is 0 Å². The van der Waals surface area contributed by atoms with Gasteiger partial charge < -0.3 is 10.2 Å². The van der Waals surface area contributed by atoms with E-state index in [2.05, 4.69) is 12.2 Å². The largest absolute Gasteiger partial charge is 0.343 e. The van der Waals surface area contributed by atoms with Gasteiger partial charge in [-0.25, -0.2) is 0 Å². The van der Waals surface area contributed by atoms with Crippen molar-refractivity contribution in [3.8, 4) is 0 Å². The van der Waals surface area contributed by atoms with Crippen LogP contribution in [0.2, 0.25) is 0 Å². The second kappa shape index (κ2) is 5.29. The highest BCUT2D eigenvalue weighted by Gasteiger charge is 2.43. The molecule has 2 amide bonds. The highest BCUT2D eigenvalue weighted by Crippen LogP contribution is 2.34. The second-order valence-electron chi connectivity index (χ2n) is 5.57. The van der Waals surface area contributed by atoms with Crippen LogP contribution in [0.3, 0.4) is 0 Å². The smallest absolute Gasteiger partial charge is 0.246 e. The van der Waals surface area contributed by atoms with Crippen LogP contribution in [0, 0.1) is 5.92 Å². The Labute approximate surface area is 109 Å². The zero-order chi connectivity index (χ0) is 13.3. The highest BCUT2D eigenvalue weighted by molar-refractivity contribution is 5.97. The highest BCUT2D eigenvalue weighted by atomic mass is 16.2. The fraction of sp³-hybridized carbons (Fsp3) is 0.857. The minimum atomic E-state index is -0.317. The van der Waals surface area contributed by atoms with Crippen molar-refractivity contribution in [3.63, 3.8) is 0 Å². The van der Waals surface area contributed by atoms with E-state index in [0.29, 0.717) is 18.8 Å². The molecule has 1 saturated heterocycles. The van der Waals surface area contributed by atoms with Crippen molar-refractivity contribution in [3.05, 3.63) is 0 Å². The normalized spacial score (nSPS) is 30.9. The van der Waals surface area contributed by atoms with Crippen molar-refractivity contribution in [1.29, 1.82) is 0 Å². The molecule has 0 aromatic rings. The molecule has 2 rings (SSSR count). The van der Waals surface area contributed by atoms with Crippen molar-refractivity contribution in [2.75, 3.05) is 0 Å². The van der Waals surface area contributed by atoms with Gasteiger partial charge in [0.2, 0.25) is 11.8 Å². The monoisotopic (exact) mass is 252 g/mol. The summed E-state index contributed by atoms with van der Waals surface area (Å²) in [7, 11) is 0. The summed E-state index contributed by atoms with van der Waals surface area (Å²) >= 11 is 0. The van der Waals surface area contributed by atoms with Crippen molar-refractivity contribution >= 4 is 11.8 Å². The molecule has 18 heavy (non-hydrogen) atoms. The SMILES string of the molecule is CCC1NC(=O)C(CC)N(C(C)C2CCC2)C1=O. The number of nitrogens with one attached hydrogen (secondary N) is 1. The molecule has 1 N–H and O–H groups in total. The fourth-order valence-electron chi connectivity index (χ4n) is 3.08. The van der Waals surface area contributed by atoms with Crippen molar-refractivity contribution in [2.24, 2.45) is 5.92 Å². The maximum absolute atomic E-state index is 12.5. The summed E-state index contributed by atoms with van der Waals surface area (Å²) in [6.07, 6.45) is 5.02. The molecule has 1 saturated carbocycles. The van der Waals surface area contributed by atoms with Gasteiger partial charge in [0.05, 0.1) is 0 Å². The molecular formula is C14H24N2O2. The van der Waals surface area contributed by atoms with Gasteiger partial charge in [0.1, 0.15) is 12.1 Å². The topological polar surface area (TPSA) is 49.4 Å². The minimum Gasteiger partial charge on any atom is -0.343 e. The molecule has 3 unspecified atom stereocenters. The van der Waals surface area contributed by atoms with E-state index >= 15 is 0 Å². The zero-order valence-corrected chi connectivity index (χ0v) is 11.6. The van der Waals surface area contributed by atoms with Gasteiger partial charge >= 0.3 is 0 Å². The van der Waals surface area contributed by atoms with E-state index in [4.69, 9.17) is 0 Å². The molecule has 4 nitrogen and oxygen atoms in total. The first-order chi connectivity index (χ1) is 8.60. The van der Waals surface area contributed by atoms with Gasteiger partial charge in [-0.15, -0.1) is 0 Å². The molecule has 102 valence electrons. The number of rotatable bonds is 4. The van der Waals surface area contributed by atoms with E-state index in [-0.39, 0.29) is 29.9 Å². The minimum absolute atomic E-state index is 0.0233. The summed E-state index contributed by atoms with van der Waals surface area (Å²) in [5, 5.41) is 2.85. The lowest BCUT2D eigenvalue weighted by atomic mass is 9.78. The summed E-state index contributed by atoms with van der Waals surface area (Å²) in [5.74, 6) is 0.727. The zero-order valence-electron chi connectivity index (χ0n) is 11.6. The summed E-state index contributed by atoms with van der Waals surface area (Å²) in [6.45, 7) is 6.03. The number of piperazine rings is 1. The number of carbonyl (C=O) groups is 2. The van der Waals surface area contributed by atoms with E-state index in [0.717, 1.165) is 0 Å². The van der Waals surface area contributed by atoms with Crippen LogP contribution in [-0.2, 0) is 9.59 Å². The quantitative estimate of drug-likeness (QED) is 0.827. The van der Waals surface area contributed by atoms with Gasteiger partial charge in [-0.05, 0) is 38.5 Å². The second-order valence-corrected chi connectivity index (χ2v) is 5.57. The average molecular weight is 252 g/mol. The molecule has 2 fully saturated rings. The predicted molar refractivity (Wildman–Crippen MR) is 69.9 cm³/mol. The molecule has 4 heteroatoms. The molecule has 0 bridgehead atoms. The van der Waals surface area contributed by atoms with Crippen molar-refractivity contribution in [2.45, 2.75) is 71.0 Å². The lowest BCUT2D eigenvalue weighted by molar-refractivity contribution is -0.154. The first-order valence-electron chi connectivity index (χ1n) is 7.22. The molecule has 1 aliphatic carbocycles. The van der Waals surface area contributed by atoms with E-state index < -0.39 is 0 Å². The van der Waals surface area contributed by atoms with Gasteiger partial charge in [0.25, 0.3) is 0 Å². The van der Waals surface area contributed by atoms with Crippen LogP contribution in [0.15, 0.2) is 0 Å². The van der Waals surface area contributed by atoms with E-state index in [1.54, 1.807) is 0 Å². The Hall–Kier alpha value is -1.06. The number of hydrogen-bond acceptors (Lipinski definition) is 2. The van der Waals surface area contributed by atoms with Crippen LogP contribution in [0.25, 0.3) is 0 Å². The van der Waals surface area contributed by atoms with Crippen LogP contribution in [0.4, 0.5) is 0 Å². The summed E-state index contributed by atoms with van der Waals surface area (Å²) in [5.41, 5.74) is 0. The van der Waals surface area contributed by atoms with Crippen LogP contribution < -0.4 is 5.32 Å². The van der Waals surface area contributed by atoms with E-state index in [9.17, 15) is 9.59 Å². The molecule has 0 aromatic carbocycles. The summed E-state index contributed by atoms with van der Waals surface area (Å²) < 4.78 is 0. The number of amides is 2. The van der Waals surface area contributed by atoms with Gasteiger partial charge in [-0.3, -0.25) is 9.59 Å². The molecule has 2 aliphatic rings. The van der Waals surface area contributed by atoms with E-state index in [1.165, 1.54) is 19.3 Å². The lowest BCUT2D eigenvalue weighted by Gasteiger charge is -2.46. The Morgan fingerprint density at radius 1 is 1.28 bits per heavy atom. The lowest BCUT2D eigenvalue weighted by Crippen LogP contribution is -2.66. The van der Waals surface area contributed by atoms with Gasteiger partial charge in [0, 0.05) is 6.04 Å². The number of nitrogens with zero attached hydrogens (tertiary/aromatic N) is 1. The Morgan fingerprint density at radius 3 is 2.39 bits per heavy atom. The third-order valence-corrected chi connectivity index (χ3v) is 4.57. The predicted octanol–water partition coefficient (Wildman–Crippen LogP) is 1.69. The molecule has 0 spiro atoms. The molecule has 3 atom stereocenters. The summed E-state index contributed by atoms with van der Waals surface area (Å²) in [6, 6.07) is -0.380. The van der Waals surface area contributed by atoms with E-state index in [1.807, 2.05) is 18.7 Å².